The number of rotatable bonds is 6. The summed E-state index contributed by atoms with van der Waals surface area (Å²) in [6, 6.07) is -0.110. The Morgan fingerprint density at radius 3 is 2.82 bits per heavy atom. The van der Waals surface area contributed by atoms with Crippen LogP contribution in [0.5, 0.6) is 0 Å². The maximum atomic E-state index is 12.7. The number of aliphatic hydroxyl groups excluding tert-OH is 1. The van der Waals surface area contributed by atoms with Crippen LogP contribution in [-0.4, -0.2) is 64.3 Å². The van der Waals surface area contributed by atoms with E-state index in [0.29, 0.717) is 12.1 Å². The van der Waals surface area contributed by atoms with Gasteiger partial charge in [0.15, 0.2) is 11.7 Å². The fourth-order valence-corrected chi connectivity index (χ4v) is 4.35. The summed E-state index contributed by atoms with van der Waals surface area (Å²) in [6.45, 7) is 0.129. The number of amides is 2. The second-order valence-electron chi connectivity index (χ2n) is 7.30. The number of aliphatic hydroxyl groups is 1. The summed E-state index contributed by atoms with van der Waals surface area (Å²) >= 11 is 0. The maximum Gasteiger partial charge on any atom is 0.418 e. The van der Waals surface area contributed by atoms with Crippen LogP contribution < -0.4 is 11.5 Å². The van der Waals surface area contributed by atoms with E-state index < -0.39 is 34.6 Å². The van der Waals surface area contributed by atoms with Crippen LogP contribution in [0.4, 0.5) is 4.79 Å². The molecule has 154 valence electrons. The molecule has 1 aromatic heterocycles. The van der Waals surface area contributed by atoms with E-state index in [1.807, 2.05) is 0 Å². The van der Waals surface area contributed by atoms with Crippen LogP contribution in [0.3, 0.4) is 0 Å². The van der Waals surface area contributed by atoms with E-state index in [-0.39, 0.29) is 30.2 Å². The number of guanidine groups is 1. The Morgan fingerprint density at radius 1 is 1.50 bits per heavy atom. The summed E-state index contributed by atoms with van der Waals surface area (Å²) in [5.74, 6) is -0.0287. The van der Waals surface area contributed by atoms with E-state index in [9.17, 15) is 18.3 Å². The lowest BCUT2D eigenvalue weighted by Crippen LogP contribution is -2.43. The van der Waals surface area contributed by atoms with E-state index in [2.05, 4.69) is 14.4 Å². The largest absolute Gasteiger partial charge is 0.418 e. The molecule has 2 saturated heterocycles. The molecule has 3 heterocycles. The number of hydroxylamine groups is 2. The molecule has 1 spiro atoms. The fourth-order valence-electron chi connectivity index (χ4n) is 3.98. The Kier molecular flexibility index (Phi) is 4.26. The predicted molar refractivity (Wildman–Crippen MR) is 91.5 cm³/mol. The van der Waals surface area contributed by atoms with E-state index in [1.54, 1.807) is 0 Å². The summed E-state index contributed by atoms with van der Waals surface area (Å²) in [4.78, 5) is 17.8. The van der Waals surface area contributed by atoms with Crippen molar-refractivity contribution in [2.45, 2.75) is 37.5 Å². The van der Waals surface area contributed by atoms with Crippen molar-refractivity contribution < 1.29 is 31.7 Å². The molecule has 2 amide bonds. The molecule has 3 aliphatic rings. The first-order chi connectivity index (χ1) is 13.1. The molecular weight excluding hydrogens is 396 g/mol. The fraction of sp³-hybridized carbons (Fsp3) is 0.643. The standard InChI is InChI=1S/C14H20N6O7S/c15-12(16)17-5-9(21)10-3-7(18-26-10)8-4-14(1-2-14)11-6-19(8)13(22)20(11)27-28(23,24)25/h3,8-9,11,21H,1-2,4-6H2,(H4,15,16,17)(H,23,24,25)/t8-,9+,11-/m0/s1. The molecule has 1 aliphatic carbocycles. The molecule has 4 rings (SSSR count). The quantitative estimate of drug-likeness (QED) is 0.255. The second-order valence-corrected chi connectivity index (χ2v) is 8.30. The molecule has 13 nitrogen and oxygen atoms in total. The molecule has 0 aromatic carbocycles. The van der Waals surface area contributed by atoms with Gasteiger partial charge in [0.05, 0.1) is 18.6 Å². The first kappa shape index (κ1) is 18.9. The van der Waals surface area contributed by atoms with Crippen molar-refractivity contribution >= 4 is 22.4 Å². The van der Waals surface area contributed by atoms with Gasteiger partial charge in [0, 0.05) is 12.6 Å². The zero-order valence-electron chi connectivity index (χ0n) is 14.6. The third-order valence-corrected chi connectivity index (χ3v) is 5.85. The van der Waals surface area contributed by atoms with Crippen LogP contribution in [-0.2, 0) is 14.7 Å². The van der Waals surface area contributed by atoms with Gasteiger partial charge >= 0.3 is 16.4 Å². The van der Waals surface area contributed by atoms with Crippen molar-refractivity contribution in [3.8, 4) is 0 Å². The minimum absolute atomic E-state index is 0.105. The highest BCUT2D eigenvalue weighted by molar-refractivity contribution is 7.80. The first-order valence-electron chi connectivity index (χ1n) is 8.56. The zero-order valence-corrected chi connectivity index (χ0v) is 15.4. The summed E-state index contributed by atoms with van der Waals surface area (Å²) in [6.07, 6.45) is 1.00. The van der Waals surface area contributed by atoms with Crippen molar-refractivity contribution in [1.82, 2.24) is 15.1 Å². The predicted octanol–water partition coefficient (Wildman–Crippen LogP) is -0.953. The molecule has 1 saturated carbocycles. The van der Waals surface area contributed by atoms with Crippen molar-refractivity contribution in [3.05, 3.63) is 17.5 Å². The molecule has 2 aliphatic heterocycles. The number of nitrogens with two attached hydrogens (primary N) is 2. The smallest absolute Gasteiger partial charge is 0.383 e. The molecule has 2 bridgehead atoms. The summed E-state index contributed by atoms with van der Waals surface area (Å²) < 4.78 is 41.0. The van der Waals surface area contributed by atoms with Gasteiger partial charge in [0.25, 0.3) is 0 Å². The van der Waals surface area contributed by atoms with Gasteiger partial charge < -0.3 is 26.0 Å². The van der Waals surface area contributed by atoms with Gasteiger partial charge in [0.1, 0.15) is 11.8 Å². The lowest BCUT2D eigenvalue weighted by atomic mass is 9.84. The van der Waals surface area contributed by atoms with Crippen molar-refractivity contribution in [2.75, 3.05) is 13.1 Å². The van der Waals surface area contributed by atoms with Gasteiger partial charge in [-0.25, -0.2) is 4.79 Å². The number of urea groups is 1. The Balaban J connectivity index is 1.57. The number of carbonyl (C=O) groups excluding carboxylic acids is 1. The monoisotopic (exact) mass is 416 g/mol. The SMILES string of the molecule is NC(N)=NC[C@@H](O)c1cc([C@@H]2CC3(CC3)[C@@H]3CN2C(=O)N3OS(=O)(=O)O)no1. The molecule has 0 unspecified atom stereocenters. The molecule has 1 aromatic rings. The minimum Gasteiger partial charge on any atom is -0.383 e. The number of carbonyl (C=O) groups is 1. The van der Waals surface area contributed by atoms with E-state index in [1.165, 1.54) is 11.0 Å². The van der Waals surface area contributed by atoms with E-state index in [4.69, 9.17) is 20.5 Å². The number of piperidine rings is 1. The summed E-state index contributed by atoms with van der Waals surface area (Å²) in [5.41, 5.74) is 10.6. The third kappa shape index (κ3) is 3.28. The first-order valence-corrected chi connectivity index (χ1v) is 9.93. The molecule has 3 atom stereocenters. The lowest BCUT2D eigenvalue weighted by Gasteiger charge is -2.35. The molecule has 14 heteroatoms. The highest BCUT2D eigenvalue weighted by atomic mass is 32.3. The number of aliphatic imine (C=N–C) groups is 1. The van der Waals surface area contributed by atoms with Crippen molar-refractivity contribution in [1.29, 1.82) is 0 Å². The van der Waals surface area contributed by atoms with E-state index in [0.717, 1.165) is 17.9 Å². The zero-order chi connectivity index (χ0) is 20.3. The van der Waals surface area contributed by atoms with Gasteiger partial charge in [-0.3, -0.25) is 9.55 Å². The van der Waals surface area contributed by atoms with E-state index >= 15 is 0 Å². The lowest BCUT2D eigenvalue weighted by molar-refractivity contribution is -0.0527. The third-order valence-electron chi connectivity index (χ3n) is 5.50. The average molecular weight is 416 g/mol. The highest BCUT2D eigenvalue weighted by Crippen LogP contribution is 2.61. The van der Waals surface area contributed by atoms with Crippen LogP contribution in [0, 0.1) is 5.41 Å². The summed E-state index contributed by atoms with van der Waals surface area (Å²) in [7, 11) is -4.83. The van der Waals surface area contributed by atoms with Crippen LogP contribution in [0.25, 0.3) is 0 Å². The number of aromatic nitrogens is 1. The van der Waals surface area contributed by atoms with Gasteiger partial charge in [-0.2, -0.15) is 13.5 Å². The van der Waals surface area contributed by atoms with Crippen LogP contribution >= 0.6 is 0 Å². The maximum absolute atomic E-state index is 12.7. The molecule has 3 fully saturated rings. The number of fused-ring (bicyclic) bond motifs is 3. The van der Waals surface area contributed by atoms with Crippen LogP contribution in [0.15, 0.2) is 15.6 Å². The molecule has 6 N–H and O–H groups in total. The number of hydrogen-bond acceptors (Lipinski definition) is 8. The van der Waals surface area contributed by atoms with Crippen LogP contribution in [0.2, 0.25) is 0 Å². The average Bonchev–Trinajstić information content (AvgIpc) is 3.09. The Morgan fingerprint density at radius 2 is 2.21 bits per heavy atom. The van der Waals surface area contributed by atoms with Gasteiger partial charge in [-0.1, -0.05) is 5.16 Å². The molecule has 0 radical (unpaired) electrons. The molecule has 28 heavy (non-hydrogen) atoms. The normalized spacial score (nSPS) is 26.6. The topological polar surface area (TPSA) is 198 Å². The van der Waals surface area contributed by atoms with Crippen LogP contribution in [0.1, 0.15) is 42.9 Å². The second kappa shape index (κ2) is 6.30. The van der Waals surface area contributed by atoms with Gasteiger partial charge in [-0.15, -0.1) is 4.28 Å². The van der Waals surface area contributed by atoms with Gasteiger partial charge in [0.2, 0.25) is 0 Å². The highest BCUT2D eigenvalue weighted by Gasteiger charge is 2.64. The number of nitrogens with zero attached hydrogens (tertiary/aromatic N) is 4. The Labute approximate surface area is 159 Å². The minimum atomic E-state index is -4.83. The Hall–Kier alpha value is -2.42. The Bertz CT molecular complexity index is 922. The van der Waals surface area contributed by atoms with Crippen molar-refractivity contribution in [3.63, 3.8) is 0 Å². The van der Waals surface area contributed by atoms with Crippen molar-refractivity contribution in [2.24, 2.45) is 21.9 Å². The summed E-state index contributed by atoms with van der Waals surface area (Å²) in [5, 5.41) is 14.8. The van der Waals surface area contributed by atoms with Gasteiger partial charge in [-0.05, 0) is 24.7 Å². The number of hydrogen-bond donors (Lipinski definition) is 4. The molecular formula is C14H20N6O7S.